The van der Waals surface area contributed by atoms with Gasteiger partial charge in [-0.15, -0.1) is 0 Å². The van der Waals surface area contributed by atoms with E-state index in [-0.39, 0.29) is 6.17 Å². The molecule has 0 saturated heterocycles. The van der Waals surface area contributed by atoms with E-state index in [1.54, 1.807) is 0 Å². The number of benzene rings is 4. The quantitative estimate of drug-likeness (QED) is 0.315. The molecule has 5 aromatic rings. The minimum atomic E-state index is -0.0591. The molecule has 0 N–H and O–H groups in total. The van der Waals surface area contributed by atoms with Gasteiger partial charge in [0.1, 0.15) is 12.0 Å². The Hall–Kier alpha value is -3.56. The van der Waals surface area contributed by atoms with Gasteiger partial charge in [0.15, 0.2) is 0 Å². The Kier molecular flexibility index (Phi) is 4.29. The second-order valence-corrected chi connectivity index (χ2v) is 8.29. The van der Waals surface area contributed by atoms with Gasteiger partial charge in [0, 0.05) is 22.8 Å². The van der Waals surface area contributed by atoms with Crippen LogP contribution in [0.2, 0.25) is 5.02 Å². The minimum absolute atomic E-state index is 0.0591. The molecule has 31 heavy (non-hydrogen) atoms. The molecule has 4 aromatic carbocycles. The lowest BCUT2D eigenvalue weighted by Crippen LogP contribution is -2.36. The minimum Gasteiger partial charge on any atom is -0.342 e. The fourth-order valence-corrected chi connectivity index (χ4v) is 4.81. The Morgan fingerprint density at radius 3 is 2.42 bits per heavy atom. The van der Waals surface area contributed by atoms with Crippen LogP contribution in [0.15, 0.2) is 103 Å². The number of fused-ring (bicyclic) bond motifs is 5. The molecule has 3 nitrogen and oxygen atoms in total. The van der Waals surface area contributed by atoms with Crippen molar-refractivity contribution in [1.29, 1.82) is 0 Å². The topological polar surface area (TPSA) is 21.1 Å². The number of para-hydroxylation sites is 3. The number of rotatable bonds is 3. The van der Waals surface area contributed by atoms with E-state index >= 15 is 0 Å². The lowest BCUT2D eigenvalue weighted by atomic mass is 10.0. The molecular formula is C27H20ClN3. The summed E-state index contributed by atoms with van der Waals surface area (Å²) < 4.78 is 2.35. The van der Waals surface area contributed by atoms with Crippen LogP contribution in [0.1, 0.15) is 17.3 Å². The van der Waals surface area contributed by atoms with Gasteiger partial charge in [-0.2, -0.15) is 0 Å². The van der Waals surface area contributed by atoms with Gasteiger partial charge in [-0.3, -0.25) is 4.57 Å². The monoisotopic (exact) mass is 421 g/mol. The van der Waals surface area contributed by atoms with E-state index in [9.17, 15) is 0 Å². The van der Waals surface area contributed by atoms with Gasteiger partial charge in [-0.25, -0.2) is 4.98 Å². The first-order valence-electron chi connectivity index (χ1n) is 10.4. The molecule has 0 spiro atoms. The Bertz CT molecular complexity index is 1390. The Morgan fingerprint density at radius 2 is 1.55 bits per heavy atom. The van der Waals surface area contributed by atoms with Gasteiger partial charge in [-0.1, -0.05) is 78.3 Å². The molecule has 0 radical (unpaired) electrons. The average Bonchev–Trinajstić information content (AvgIpc) is 3.20. The van der Waals surface area contributed by atoms with Crippen molar-refractivity contribution in [2.24, 2.45) is 0 Å². The summed E-state index contributed by atoms with van der Waals surface area (Å²) >= 11 is 6.45. The molecule has 1 aliphatic rings. The van der Waals surface area contributed by atoms with Crippen LogP contribution in [0, 0.1) is 0 Å². The van der Waals surface area contributed by atoms with Crippen LogP contribution in [-0.2, 0) is 6.54 Å². The number of imidazole rings is 1. The molecule has 4 heteroatoms. The fourth-order valence-electron chi connectivity index (χ4n) is 4.61. The van der Waals surface area contributed by atoms with E-state index in [2.05, 4.69) is 94.4 Å². The van der Waals surface area contributed by atoms with Gasteiger partial charge >= 0.3 is 0 Å². The van der Waals surface area contributed by atoms with E-state index in [0.717, 1.165) is 39.6 Å². The van der Waals surface area contributed by atoms with E-state index in [1.807, 2.05) is 18.2 Å². The van der Waals surface area contributed by atoms with Crippen LogP contribution in [0.4, 0.5) is 5.69 Å². The normalized spacial score (nSPS) is 15.0. The molecular weight excluding hydrogens is 402 g/mol. The van der Waals surface area contributed by atoms with Crippen molar-refractivity contribution in [3.63, 3.8) is 0 Å². The number of hydrogen-bond acceptors (Lipinski definition) is 2. The molecule has 1 atom stereocenters. The molecule has 0 saturated carbocycles. The zero-order valence-corrected chi connectivity index (χ0v) is 17.6. The second-order valence-electron chi connectivity index (χ2n) is 7.85. The molecule has 0 amide bonds. The number of anilines is 1. The predicted molar refractivity (Wildman–Crippen MR) is 127 cm³/mol. The van der Waals surface area contributed by atoms with Crippen LogP contribution in [0.25, 0.3) is 22.4 Å². The van der Waals surface area contributed by atoms with Crippen molar-refractivity contribution < 1.29 is 0 Å². The third-order valence-electron chi connectivity index (χ3n) is 5.93. The van der Waals surface area contributed by atoms with E-state index in [4.69, 9.17) is 16.6 Å². The molecule has 0 fully saturated rings. The highest BCUT2D eigenvalue weighted by Gasteiger charge is 2.34. The van der Waals surface area contributed by atoms with E-state index in [0.29, 0.717) is 0 Å². The van der Waals surface area contributed by atoms with E-state index < -0.39 is 0 Å². The van der Waals surface area contributed by atoms with Crippen LogP contribution in [-0.4, -0.2) is 9.55 Å². The molecule has 150 valence electrons. The summed E-state index contributed by atoms with van der Waals surface area (Å²) in [6.45, 7) is 0.779. The summed E-state index contributed by atoms with van der Waals surface area (Å²) in [5.74, 6) is 0.992. The van der Waals surface area contributed by atoms with Gasteiger partial charge in [0.05, 0.1) is 11.0 Å². The second kappa shape index (κ2) is 7.29. The van der Waals surface area contributed by atoms with E-state index in [1.165, 1.54) is 11.3 Å². The number of aromatic nitrogens is 2. The zero-order chi connectivity index (χ0) is 20.8. The molecule has 0 aliphatic carbocycles. The standard InChI is InChI=1S/C27H20ClN3/c28-21-12-8-11-20(17-21)27-30(18-19-9-2-1-3-10-19)24-15-6-4-13-22(24)26-29-23-14-5-7-16-25(23)31(26)27/h1-17,27H,18H2. The molecule has 1 aliphatic heterocycles. The van der Waals surface area contributed by atoms with Gasteiger partial charge < -0.3 is 4.90 Å². The van der Waals surface area contributed by atoms with Gasteiger partial charge in [0.25, 0.3) is 0 Å². The summed E-state index contributed by atoms with van der Waals surface area (Å²) in [5, 5.41) is 0.738. The first-order chi connectivity index (χ1) is 15.3. The lowest BCUT2D eigenvalue weighted by Gasteiger charge is -2.40. The molecule has 1 aromatic heterocycles. The first kappa shape index (κ1) is 18.2. The Morgan fingerprint density at radius 1 is 0.774 bits per heavy atom. The third-order valence-corrected chi connectivity index (χ3v) is 6.17. The highest BCUT2D eigenvalue weighted by atomic mass is 35.5. The third kappa shape index (κ3) is 3.01. The number of hydrogen-bond donors (Lipinski definition) is 0. The highest BCUT2D eigenvalue weighted by Crippen LogP contribution is 2.45. The number of halogens is 1. The van der Waals surface area contributed by atoms with Crippen LogP contribution in [0.5, 0.6) is 0 Å². The molecule has 1 unspecified atom stereocenters. The molecule has 6 rings (SSSR count). The fraction of sp³-hybridized carbons (Fsp3) is 0.0741. The summed E-state index contributed by atoms with van der Waals surface area (Å²) in [7, 11) is 0. The average molecular weight is 422 g/mol. The van der Waals surface area contributed by atoms with Crippen molar-refractivity contribution in [1.82, 2.24) is 9.55 Å². The maximum atomic E-state index is 6.45. The summed E-state index contributed by atoms with van der Waals surface area (Å²) in [5.41, 5.74) is 6.85. The van der Waals surface area contributed by atoms with Gasteiger partial charge in [-0.05, 0) is 47.5 Å². The Balaban J connectivity index is 1.65. The number of nitrogens with zero attached hydrogens (tertiary/aromatic N) is 3. The maximum absolute atomic E-state index is 6.45. The highest BCUT2D eigenvalue weighted by molar-refractivity contribution is 6.30. The summed E-state index contributed by atoms with van der Waals surface area (Å²) in [6, 6.07) is 35.7. The van der Waals surface area contributed by atoms with Crippen LogP contribution >= 0.6 is 11.6 Å². The Labute approximate surface area is 186 Å². The van der Waals surface area contributed by atoms with Crippen molar-refractivity contribution >= 4 is 28.3 Å². The summed E-state index contributed by atoms with van der Waals surface area (Å²) in [6.07, 6.45) is -0.0591. The maximum Gasteiger partial charge on any atom is 0.145 e. The summed E-state index contributed by atoms with van der Waals surface area (Å²) in [4.78, 5) is 7.49. The largest absolute Gasteiger partial charge is 0.342 e. The lowest BCUT2D eigenvalue weighted by molar-refractivity contribution is 0.543. The predicted octanol–water partition coefficient (Wildman–Crippen LogP) is 6.92. The SMILES string of the molecule is Clc1cccc(C2N(Cc3ccccc3)c3ccccc3-c3nc4ccccc4n32)c1. The molecule has 0 bridgehead atoms. The zero-order valence-electron chi connectivity index (χ0n) is 16.8. The first-order valence-corrected chi connectivity index (χ1v) is 10.8. The van der Waals surface area contributed by atoms with Crippen LogP contribution in [0.3, 0.4) is 0 Å². The van der Waals surface area contributed by atoms with Crippen LogP contribution < -0.4 is 4.90 Å². The van der Waals surface area contributed by atoms with Crippen molar-refractivity contribution in [3.05, 3.63) is 119 Å². The van der Waals surface area contributed by atoms with Crippen molar-refractivity contribution in [3.8, 4) is 11.4 Å². The van der Waals surface area contributed by atoms with Crippen molar-refractivity contribution in [2.45, 2.75) is 12.7 Å². The van der Waals surface area contributed by atoms with Gasteiger partial charge in [0.2, 0.25) is 0 Å². The smallest absolute Gasteiger partial charge is 0.145 e. The molecule has 2 heterocycles. The van der Waals surface area contributed by atoms with Crippen molar-refractivity contribution in [2.75, 3.05) is 4.90 Å².